The van der Waals surface area contributed by atoms with Crippen LogP contribution in [0.2, 0.25) is 0 Å². The summed E-state index contributed by atoms with van der Waals surface area (Å²) in [6.45, 7) is 6.39. The molecule has 2 aromatic heterocycles. The minimum absolute atomic E-state index is 0.569. The van der Waals surface area contributed by atoms with Crippen molar-refractivity contribution < 1.29 is 0 Å². The number of H-pyrrole nitrogens is 1. The molecule has 17 heavy (non-hydrogen) atoms. The number of aromatic nitrogens is 2. The van der Waals surface area contributed by atoms with Crippen molar-refractivity contribution in [2.24, 2.45) is 0 Å². The first-order valence-corrected chi connectivity index (χ1v) is 6.97. The third-order valence-electron chi connectivity index (χ3n) is 3.09. The first kappa shape index (κ1) is 12.3. The highest BCUT2D eigenvalue weighted by molar-refractivity contribution is 7.07. The number of aromatic amines is 1. The maximum Gasteiger partial charge on any atom is 0.120 e. The van der Waals surface area contributed by atoms with Gasteiger partial charge in [-0.05, 0) is 35.7 Å². The molecule has 0 saturated carbocycles. The smallest absolute Gasteiger partial charge is 0.120 e. The lowest BCUT2D eigenvalue weighted by atomic mass is 10.2. The van der Waals surface area contributed by atoms with Crippen LogP contribution in [0.15, 0.2) is 29.2 Å². The number of imidazole rings is 1. The van der Waals surface area contributed by atoms with E-state index in [1.54, 1.807) is 11.3 Å². The summed E-state index contributed by atoms with van der Waals surface area (Å²) in [5, 5.41) is 4.36. The number of nitrogens with zero attached hydrogens (tertiary/aromatic N) is 2. The average molecular weight is 249 g/mol. The second kappa shape index (κ2) is 5.98. The molecule has 0 radical (unpaired) electrons. The Bertz CT molecular complexity index is 372. The Balaban J connectivity index is 2.03. The van der Waals surface area contributed by atoms with Crippen molar-refractivity contribution in [3.8, 4) is 0 Å². The van der Waals surface area contributed by atoms with E-state index in [4.69, 9.17) is 0 Å². The van der Waals surface area contributed by atoms with E-state index in [0.29, 0.717) is 6.04 Å². The highest BCUT2D eigenvalue weighted by atomic mass is 32.1. The lowest BCUT2D eigenvalue weighted by molar-refractivity contribution is 0.182. The van der Waals surface area contributed by atoms with Crippen LogP contribution in [0.25, 0.3) is 0 Å². The van der Waals surface area contributed by atoms with Crippen LogP contribution in [0, 0.1) is 0 Å². The molecule has 2 heterocycles. The monoisotopic (exact) mass is 249 g/mol. The minimum atomic E-state index is 0.569. The standard InChI is InChI=1S/C13H19N3S/c1-3-11(2)16(8-12-4-7-17-10-12)9-13-14-5-6-15-13/h4-7,10-11H,3,8-9H2,1-2H3,(H,14,15)/t11-/m1/s1. The van der Waals surface area contributed by atoms with E-state index in [-0.39, 0.29) is 0 Å². The lowest BCUT2D eigenvalue weighted by Crippen LogP contribution is -2.31. The third kappa shape index (κ3) is 3.41. The first-order valence-electron chi connectivity index (χ1n) is 6.03. The fourth-order valence-electron chi connectivity index (χ4n) is 1.82. The van der Waals surface area contributed by atoms with Crippen LogP contribution in [0.1, 0.15) is 31.7 Å². The zero-order chi connectivity index (χ0) is 12.1. The molecule has 0 amide bonds. The Hall–Kier alpha value is -1.13. The molecule has 92 valence electrons. The van der Waals surface area contributed by atoms with Crippen molar-refractivity contribution in [1.29, 1.82) is 0 Å². The van der Waals surface area contributed by atoms with Crippen molar-refractivity contribution in [2.45, 2.75) is 39.4 Å². The quantitative estimate of drug-likeness (QED) is 0.852. The molecule has 0 aliphatic carbocycles. The van der Waals surface area contributed by atoms with E-state index in [0.717, 1.165) is 25.3 Å². The second-order valence-corrected chi connectivity index (χ2v) is 5.11. The molecule has 3 nitrogen and oxygen atoms in total. The van der Waals surface area contributed by atoms with Gasteiger partial charge in [0, 0.05) is 25.0 Å². The molecule has 2 rings (SSSR count). The van der Waals surface area contributed by atoms with Gasteiger partial charge in [0.1, 0.15) is 5.82 Å². The van der Waals surface area contributed by atoms with Gasteiger partial charge in [-0.15, -0.1) is 0 Å². The Kier molecular flexibility index (Phi) is 4.34. The molecule has 0 fully saturated rings. The molecule has 0 bridgehead atoms. The van der Waals surface area contributed by atoms with Crippen LogP contribution >= 0.6 is 11.3 Å². The summed E-state index contributed by atoms with van der Waals surface area (Å²) >= 11 is 1.76. The number of rotatable bonds is 6. The molecule has 1 N–H and O–H groups in total. The van der Waals surface area contributed by atoms with Gasteiger partial charge in [0.25, 0.3) is 0 Å². The maximum absolute atomic E-state index is 4.31. The van der Waals surface area contributed by atoms with E-state index in [9.17, 15) is 0 Å². The Morgan fingerprint density at radius 2 is 2.35 bits per heavy atom. The minimum Gasteiger partial charge on any atom is -0.348 e. The Morgan fingerprint density at radius 1 is 1.47 bits per heavy atom. The van der Waals surface area contributed by atoms with Gasteiger partial charge < -0.3 is 4.98 Å². The maximum atomic E-state index is 4.31. The zero-order valence-electron chi connectivity index (χ0n) is 10.4. The van der Waals surface area contributed by atoms with Crippen LogP contribution in [0.3, 0.4) is 0 Å². The molecule has 0 aliphatic rings. The lowest BCUT2D eigenvalue weighted by Gasteiger charge is -2.27. The van der Waals surface area contributed by atoms with Gasteiger partial charge in [0.2, 0.25) is 0 Å². The summed E-state index contributed by atoms with van der Waals surface area (Å²) in [5.41, 5.74) is 1.39. The zero-order valence-corrected chi connectivity index (χ0v) is 11.2. The summed E-state index contributed by atoms with van der Waals surface area (Å²) in [7, 11) is 0. The van der Waals surface area contributed by atoms with Gasteiger partial charge in [-0.25, -0.2) is 4.98 Å². The molecule has 1 atom stereocenters. The summed E-state index contributed by atoms with van der Waals surface area (Å²) in [4.78, 5) is 9.94. The summed E-state index contributed by atoms with van der Waals surface area (Å²) in [6.07, 6.45) is 4.86. The fourth-order valence-corrected chi connectivity index (χ4v) is 2.48. The van der Waals surface area contributed by atoms with Gasteiger partial charge in [-0.2, -0.15) is 11.3 Å². The van der Waals surface area contributed by atoms with E-state index in [1.165, 1.54) is 5.56 Å². The molecular formula is C13H19N3S. The number of hydrogen-bond donors (Lipinski definition) is 1. The van der Waals surface area contributed by atoms with Crippen molar-refractivity contribution in [3.05, 3.63) is 40.6 Å². The van der Waals surface area contributed by atoms with Gasteiger partial charge >= 0.3 is 0 Å². The van der Waals surface area contributed by atoms with Crippen LogP contribution < -0.4 is 0 Å². The van der Waals surface area contributed by atoms with Crippen molar-refractivity contribution in [1.82, 2.24) is 14.9 Å². The highest BCUT2D eigenvalue weighted by Crippen LogP contribution is 2.15. The molecule has 0 unspecified atom stereocenters. The molecular weight excluding hydrogens is 230 g/mol. The van der Waals surface area contributed by atoms with Gasteiger partial charge in [-0.1, -0.05) is 6.92 Å². The van der Waals surface area contributed by atoms with Crippen molar-refractivity contribution in [2.75, 3.05) is 0 Å². The van der Waals surface area contributed by atoms with Crippen LogP contribution in [-0.4, -0.2) is 20.9 Å². The number of nitrogens with one attached hydrogen (secondary N) is 1. The van der Waals surface area contributed by atoms with Gasteiger partial charge in [0.05, 0.1) is 6.54 Å². The van der Waals surface area contributed by atoms with Crippen LogP contribution in [0.4, 0.5) is 0 Å². The molecule has 0 aromatic carbocycles. The van der Waals surface area contributed by atoms with E-state index >= 15 is 0 Å². The van der Waals surface area contributed by atoms with Gasteiger partial charge in [-0.3, -0.25) is 4.90 Å². The average Bonchev–Trinajstić information content (AvgIpc) is 3.00. The molecule has 0 spiro atoms. The number of hydrogen-bond acceptors (Lipinski definition) is 3. The molecule has 2 aromatic rings. The second-order valence-electron chi connectivity index (χ2n) is 4.33. The first-order chi connectivity index (χ1) is 8.29. The predicted molar refractivity (Wildman–Crippen MR) is 71.9 cm³/mol. The van der Waals surface area contributed by atoms with E-state index in [2.05, 4.69) is 45.5 Å². The normalized spacial score (nSPS) is 13.1. The Morgan fingerprint density at radius 3 is 2.94 bits per heavy atom. The van der Waals surface area contributed by atoms with E-state index < -0.39 is 0 Å². The molecule has 0 saturated heterocycles. The summed E-state index contributed by atoms with van der Waals surface area (Å²) < 4.78 is 0. The van der Waals surface area contributed by atoms with Crippen molar-refractivity contribution >= 4 is 11.3 Å². The topological polar surface area (TPSA) is 31.9 Å². The van der Waals surface area contributed by atoms with Crippen LogP contribution in [0.5, 0.6) is 0 Å². The SMILES string of the molecule is CC[C@@H](C)N(Cc1ccsc1)Cc1ncc[nH]1. The molecule has 4 heteroatoms. The fraction of sp³-hybridized carbons (Fsp3) is 0.462. The Labute approximate surface area is 107 Å². The third-order valence-corrected chi connectivity index (χ3v) is 3.82. The molecule has 0 aliphatic heterocycles. The highest BCUT2D eigenvalue weighted by Gasteiger charge is 2.14. The van der Waals surface area contributed by atoms with Crippen LogP contribution in [-0.2, 0) is 13.1 Å². The number of thiophene rings is 1. The summed E-state index contributed by atoms with van der Waals surface area (Å²) in [6, 6.07) is 2.77. The predicted octanol–water partition coefficient (Wildman–Crippen LogP) is 3.27. The largest absolute Gasteiger partial charge is 0.348 e. The van der Waals surface area contributed by atoms with E-state index in [1.807, 2.05) is 12.4 Å². The van der Waals surface area contributed by atoms with Crippen molar-refractivity contribution in [3.63, 3.8) is 0 Å². The summed E-state index contributed by atoms with van der Waals surface area (Å²) in [5.74, 6) is 1.04. The van der Waals surface area contributed by atoms with Gasteiger partial charge in [0.15, 0.2) is 0 Å².